The van der Waals surface area contributed by atoms with Crippen molar-refractivity contribution in [1.82, 2.24) is 30.3 Å². The Balaban J connectivity index is 0.765. The lowest BCUT2D eigenvalue weighted by molar-refractivity contribution is -0.203. The minimum atomic E-state index is -2.49. The molecule has 474 valence electrons. The van der Waals surface area contributed by atoms with Crippen molar-refractivity contribution in [2.75, 3.05) is 125 Å². The number of fused-ring (bicyclic) bond motifs is 6. The molecule has 3 saturated heterocycles. The summed E-state index contributed by atoms with van der Waals surface area (Å²) in [6.07, 6.45) is 4.46. The summed E-state index contributed by atoms with van der Waals surface area (Å²) in [7, 11) is 4.80. The number of aliphatic hydroxyl groups excluding tert-OH is 3. The molecule has 2 bridgehead atoms. The van der Waals surface area contributed by atoms with Crippen LogP contribution in [0, 0.1) is 17.3 Å². The molecule has 4 fully saturated rings. The van der Waals surface area contributed by atoms with Crippen LogP contribution >= 0.6 is 0 Å². The summed E-state index contributed by atoms with van der Waals surface area (Å²) in [5, 5.41) is 64.8. The number of rotatable bonds is 22. The Kier molecular flexibility index (Phi) is 17.9. The number of benzene rings is 2. The number of aromatic nitrogens is 1. The molecular weight excluding hydrogens is 1120 g/mol. The highest BCUT2D eigenvalue weighted by Gasteiger charge is 2.79. The van der Waals surface area contributed by atoms with E-state index in [-0.39, 0.29) is 78.1 Å². The number of nitrogens with zero attached hydrogens (tertiary/aromatic N) is 4. The highest BCUT2D eigenvalue weighted by molar-refractivity contribution is 6.08. The number of para-hydroxylation sites is 1. The molecule has 14 atom stereocenters. The highest BCUT2D eigenvalue weighted by atomic mass is 16.5. The van der Waals surface area contributed by atoms with Crippen molar-refractivity contribution >= 4 is 46.2 Å². The van der Waals surface area contributed by atoms with E-state index >= 15 is 9.59 Å². The molecule has 1 aliphatic carbocycles. The maximum atomic E-state index is 15.5. The van der Waals surface area contributed by atoms with Gasteiger partial charge in [0.2, 0.25) is 11.8 Å². The summed E-state index contributed by atoms with van der Waals surface area (Å²) in [5.74, 6) is -3.33. The fourth-order valence-corrected chi connectivity index (χ4v) is 16.9. The topological polar surface area (TPSA) is 295 Å². The van der Waals surface area contributed by atoms with Gasteiger partial charge in [-0.05, 0) is 81.2 Å². The van der Waals surface area contributed by atoms with E-state index in [1.807, 2.05) is 62.2 Å². The largest absolute Gasteiger partial charge is 0.496 e. The maximum absolute atomic E-state index is 15.5. The van der Waals surface area contributed by atoms with Crippen LogP contribution in [0.5, 0.6) is 5.75 Å². The number of likely N-dealkylation sites (N-methyl/N-ethyl adjacent to an activating group) is 1. The molecule has 23 heteroatoms. The van der Waals surface area contributed by atoms with E-state index in [2.05, 4.69) is 37.6 Å². The average Bonchev–Trinajstić information content (AvgIpc) is 1.52. The quantitative estimate of drug-likeness (QED) is 0.0301. The van der Waals surface area contributed by atoms with Gasteiger partial charge in [-0.2, -0.15) is 0 Å². The molecule has 23 nitrogen and oxygen atoms in total. The van der Waals surface area contributed by atoms with Gasteiger partial charge in [0.05, 0.1) is 103 Å². The highest BCUT2D eigenvalue weighted by Crippen LogP contribution is 2.68. The number of piperidine rings is 1. The monoisotopic (exact) mass is 1210 g/mol. The van der Waals surface area contributed by atoms with E-state index in [1.165, 1.54) is 7.11 Å². The minimum Gasteiger partial charge on any atom is -0.496 e. The van der Waals surface area contributed by atoms with E-state index in [0.717, 1.165) is 26.9 Å². The molecule has 1 aromatic heterocycles. The zero-order chi connectivity index (χ0) is 61.8. The number of hydrogen-bond acceptors (Lipinski definition) is 19. The van der Waals surface area contributed by atoms with E-state index < -0.39 is 106 Å². The van der Waals surface area contributed by atoms with Gasteiger partial charge in [0.15, 0.2) is 5.60 Å². The van der Waals surface area contributed by atoms with Gasteiger partial charge in [-0.15, -0.1) is 0 Å². The average molecular weight is 1210 g/mol. The molecule has 8 heterocycles. The SMILES string of the molecule is CC[C@]1(O)CC2CN(CCc3c([nH]c4ccccc34)[C@@](C(=O)OC)(c3cc4c(cc3OC)N(C)C3C45CCN4CC=C[C@](CC)(C45)[C@@H](O)[C@]3(O)C(=O)NCC(=O)NCCOCCOCCOCCN3C(=O)C(C)=CC([C@H]4C[C@H](O)[C@@H](CO)O4)C3=O)C2)C1. The van der Waals surface area contributed by atoms with Crippen molar-refractivity contribution in [3.8, 4) is 5.75 Å². The molecule has 8 N–H and O–H groups in total. The first-order chi connectivity index (χ1) is 41.8. The zero-order valence-electron chi connectivity index (χ0n) is 50.9. The lowest BCUT2D eigenvalue weighted by Gasteiger charge is -2.63. The molecule has 7 aliphatic heterocycles. The summed E-state index contributed by atoms with van der Waals surface area (Å²) in [4.78, 5) is 81.7. The maximum Gasteiger partial charge on any atom is 0.322 e. The normalized spacial score (nSPS) is 34.3. The van der Waals surface area contributed by atoms with Crippen LogP contribution in [0.1, 0.15) is 81.7 Å². The van der Waals surface area contributed by atoms with Gasteiger partial charge < -0.3 is 74.5 Å². The number of ether oxygens (including phenoxy) is 6. The standard InChI is InChI=1S/C64H87N7O16/c1-7-60(80)32-39-33-63(59(79)83-6,52-41(14-19-69(35-39)37-60)40-12-9-10-13-45(40)67-52)44-29-43-46(30-49(44)82-5)68(4)56-62(43)16-20-70-18-11-15-61(8-2,55(62)70)57(77)64(56,81)58(78)66-34-51(74)65-17-22-84-24-26-86-27-25-85-23-21-71-53(75)38(3)28-42(54(71)76)48-31-47(73)50(36-72)87-48/h9-13,15,28-30,39,42,47-48,50,55-57,67,72-73,77,80-81H,7-8,14,16-27,31-37H2,1-6H3,(H,65,74)(H,66,78)/t39?,42?,47-,48+,50+,55?,56?,57+,60-,61+,62?,63-,64-/m0/s1. The van der Waals surface area contributed by atoms with Crippen molar-refractivity contribution in [1.29, 1.82) is 0 Å². The number of H-pyrrole nitrogens is 1. The molecule has 87 heavy (non-hydrogen) atoms. The van der Waals surface area contributed by atoms with Crippen LogP contribution in [0.3, 0.4) is 0 Å². The second kappa shape index (κ2) is 24.9. The molecule has 6 unspecified atom stereocenters. The predicted molar refractivity (Wildman–Crippen MR) is 318 cm³/mol. The second-order valence-corrected chi connectivity index (χ2v) is 25.4. The van der Waals surface area contributed by atoms with Crippen LogP contribution < -0.4 is 20.3 Å². The molecule has 1 spiro atoms. The van der Waals surface area contributed by atoms with Crippen LogP contribution in [-0.2, 0) is 64.9 Å². The van der Waals surface area contributed by atoms with Gasteiger partial charge in [-0.1, -0.05) is 50.3 Å². The number of nitrogens with one attached hydrogen (secondary N) is 3. The third kappa shape index (κ3) is 10.5. The van der Waals surface area contributed by atoms with Gasteiger partial charge in [0.1, 0.15) is 23.4 Å². The number of hydrogen-bond donors (Lipinski definition) is 8. The molecule has 3 aromatic rings. The van der Waals surface area contributed by atoms with Gasteiger partial charge in [-0.3, -0.25) is 38.7 Å². The third-order valence-corrected chi connectivity index (χ3v) is 20.8. The predicted octanol–water partition coefficient (Wildman–Crippen LogP) is 0.971. The Morgan fingerprint density at radius 2 is 1.66 bits per heavy atom. The molecule has 0 radical (unpaired) electrons. The Morgan fingerprint density at radius 1 is 0.908 bits per heavy atom. The van der Waals surface area contributed by atoms with Gasteiger partial charge in [0.25, 0.3) is 11.8 Å². The van der Waals surface area contributed by atoms with Crippen molar-refractivity contribution in [2.45, 2.75) is 124 Å². The minimum absolute atomic E-state index is 0.0173. The fraction of sp³-hybridized carbons (Fsp3) is 0.641. The molecule has 11 rings (SSSR count). The number of amides is 4. The first-order valence-electron chi connectivity index (χ1n) is 31.0. The van der Waals surface area contributed by atoms with E-state index in [0.29, 0.717) is 93.1 Å². The zero-order valence-corrected chi connectivity index (χ0v) is 50.9. The Morgan fingerprint density at radius 3 is 2.37 bits per heavy atom. The third-order valence-electron chi connectivity index (χ3n) is 20.8. The van der Waals surface area contributed by atoms with Crippen molar-refractivity contribution in [2.24, 2.45) is 17.3 Å². The molecule has 2 aromatic carbocycles. The molecule has 8 aliphatic rings. The van der Waals surface area contributed by atoms with Crippen molar-refractivity contribution < 1.29 is 77.9 Å². The van der Waals surface area contributed by atoms with Crippen LogP contribution in [0.15, 0.2) is 60.2 Å². The number of carbonyl (C=O) groups is 5. The smallest absolute Gasteiger partial charge is 0.322 e. The number of methoxy groups -OCH3 is 2. The Bertz CT molecular complexity index is 3170. The fourth-order valence-electron chi connectivity index (χ4n) is 16.9. The first kappa shape index (κ1) is 62.8. The van der Waals surface area contributed by atoms with Crippen LogP contribution in [0.4, 0.5) is 5.69 Å². The van der Waals surface area contributed by atoms with Crippen LogP contribution in [0.2, 0.25) is 0 Å². The molecule has 4 amide bonds. The van der Waals surface area contributed by atoms with Gasteiger partial charge in [0, 0.05) is 103 Å². The van der Waals surface area contributed by atoms with Crippen LogP contribution in [0.25, 0.3) is 10.9 Å². The van der Waals surface area contributed by atoms with Crippen molar-refractivity contribution in [3.05, 3.63) is 82.6 Å². The van der Waals surface area contributed by atoms with E-state index in [9.17, 15) is 39.9 Å². The summed E-state index contributed by atoms with van der Waals surface area (Å²) in [5.41, 5.74) is -2.16. The Labute approximate surface area is 507 Å². The summed E-state index contributed by atoms with van der Waals surface area (Å²) in [6.45, 7) is 8.86. The number of esters is 1. The number of imide groups is 1. The van der Waals surface area contributed by atoms with Gasteiger partial charge in [-0.25, -0.2) is 0 Å². The summed E-state index contributed by atoms with van der Waals surface area (Å²) in [6, 6.07) is 10.6. The van der Waals surface area contributed by atoms with E-state index in [1.54, 1.807) is 20.1 Å². The first-order valence-corrected chi connectivity index (χ1v) is 31.0. The number of anilines is 1. The number of aromatic amines is 1. The van der Waals surface area contributed by atoms with E-state index in [4.69, 9.17) is 28.4 Å². The Hall–Kier alpha value is -5.83. The summed E-state index contributed by atoms with van der Waals surface area (Å²) >= 11 is 0. The number of carbonyl (C=O) groups excluding carboxylic acids is 5. The number of aliphatic hydroxyl groups is 5. The van der Waals surface area contributed by atoms with Crippen LogP contribution in [-0.4, -0.2) is 242 Å². The summed E-state index contributed by atoms with van der Waals surface area (Å²) < 4.78 is 35.1. The van der Waals surface area contributed by atoms with Crippen molar-refractivity contribution in [3.63, 3.8) is 0 Å². The molecule has 1 saturated carbocycles. The second-order valence-electron chi connectivity index (χ2n) is 25.4. The lowest BCUT2D eigenvalue weighted by Crippen LogP contribution is -2.81. The molecular formula is C64H87N7O16. The lowest BCUT2D eigenvalue weighted by atomic mass is 9.47. The van der Waals surface area contributed by atoms with Gasteiger partial charge >= 0.3 is 5.97 Å².